The predicted octanol–water partition coefficient (Wildman–Crippen LogP) is 6.05. The number of carbonyl (C=O) groups excluding carboxylic acids is 1. The molecule has 3 rings (SSSR count). The molecule has 10 heteroatoms. The Kier molecular flexibility index (Phi) is 9.67. The number of rotatable bonds is 10. The van der Waals surface area contributed by atoms with Crippen LogP contribution in [0.1, 0.15) is 58.3 Å². The number of hydrogen-bond acceptors (Lipinski definition) is 7. The fraction of sp³-hybridized carbons (Fsp3) is 0.385. The van der Waals surface area contributed by atoms with Gasteiger partial charge in [0.2, 0.25) is 0 Å². The van der Waals surface area contributed by atoms with Crippen LogP contribution in [0.5, 0.6) is 11.5 Å². The highest BCUT2D eigenvalue weighted by Crippen LogP contribution is 2.36. The minimum absolute atomic E-state index is 0.0231. The molecule has 8 nitrogen and oxygen atoms in total. The number of benzene rings is 2. The molecule has 0 unspecified atom stereocenters. The van der Waals surface area contributed by atoms with Gasteiger partial charge >= 0.3 is 5.97 Å². The number of ether oxygens (including phenoxy) is 3. The first kappa shape index (κ1) is 27.9. The zero-order valence-electron chi connectivity index (χ0n) is 20.9. The number of carbonyl (C=O) groups is 1. The number of hydrogen-bond donors (Lipinski definition) is 0. The first-order chi connectivity index (χ1) is 17.1. The summed E-state index contributed by atoms with van der Waals surface area (Å²) < 4.78 is 19.3. The molecule has 0 saturated heterocycles. The molecule has 3 aromatic rings. The van der Waals surface area contributed by atoms with Gasteiger partial charge in [0.15, 0.2) is 18.1 Å². The van der Waals surface area contributed by atoms with Crippen molar-refractivity contribution >= 4 is 54.9 Å². The molecular weight excluding hydrogens is 594 g/mol. The van der Waals surface area contributed by atoms with Gasteiger partial charge in [0.1, 0.15) is 5.82 Å². The molecule has 1 heterocycles. The largest absolute Gasteiger partial charge is 0.490 e. The molecule has 36 heavy (non-hydrogen) atoms. The Morgan fingerprint density at radius 1 is 1.14 bits per heavy atom. The third-order valence-corrected chi connectivity index (χ3v) is 6.32. The number of fused-ring (bicyclic) bond motifs is 1. The van der Waals surface area contributed by atoms with Gasteiger partial charge in [-0.2, -0.15) is 9.78 Å². The Hall–Kier alpha value is -2.72. The van der Waals surface area contributed by atoms with Gasteiger partial charge in [0, 0.05) is 10.4 Å². The van der Waals surface area contributed by atoms with Gasteiger partial charge in [0.05, 0.1) is 34.3 Å². The van der Waals surface area contributed by atoms with Crippen LogP contribution in [0.15, 0.2) is 49.2 Å². The Morgan fingerprint density at radius 3 is 2.56 bits per heavy atom. The van der Waals surface area contributed by atoms with E-state index in [1.54, 1.807) is 38.3 Å². The second-order valence-corrected chi connectivity index (χ2v) is 10.2. The summed E-state index contributed by atoms with van der Waals surface area (Å²) in [7, 11) is 0. The maximum Gasteiger partial charge on any atom is 0.344 e. The number of aromatic nitrogens is 2. The third-order valence-electron chi connectivity index (χ3n) is 5.24. The van der Waals surface area contributed by atoms with E-state index in [1.807, 2.05) is 32.9 Å². The normalized spacial score (nSPS) is 12.3. The molecular formula is C26H29Br2N3O5. The quantitative estimate of drug-likeness (QED) is 0.202. The lowest BCUT2D eigenvalue weighted by Crippen LogP contribution is -2.23. The molecule has 0 bridgehead atoms. The number of esters is 1. The van der Waals surface area contributed by atoms with E-state index in [0.29, 0.717) is 44.9 Å². The highest BCUT2D eigenvalue weighted by molar-refractivity contribution is 9.10. The zero-order valence-corrected chi connectivity index (χ0v) is 24.1. The topological polar surface area (TPSA) is 92.0 Å². The summed E-state index contributed by atoms with van der Waals surface area (Å²) in [5.74, 6) is 0.943. The standard InChI is InChI=1S/C26H29Br2N3O5/c1-6-16(5)25-30-21-9-8-18(27)12-19(21)26(33)31(25)29-13-17-10-20(28)24(22(11-17)34-7-2)35-14-23(32)36-15(3)4/h8-13,15-16H,6-7,14H2,1-5H3/t16-/m0/s1. The van der Waals surface area contributed by atoms with Crippen molar-refractivity contribution in [2.24, 2.45) is 5.10 Å². The SMILES string of the molecule is CCOc1cc(C=Nn2c([C@@H](C)CC)nc3ccc(Br)cc3c2=O)cc(Br)c1OCC(=O)OC(C)C. The van der Waals surface area contributed by atoms with E-state index in [2.05, 4.69) is 37.0 Å². The summed E-state index contributed by atoms with van der Waals surface area (Å²) in [6.45, 7) is 9.58. The summed E-state index contributed by atoms with van der Waals surface area (Å²) >= 11 is 6.92. The monoisotopic (exact) mass is 621 g/mol. The maximum atomic E-state index is 13.3. The molecule has 0 saturated carbocycles. The van der Waals surface area contributed by atoms with Gasteiger partial charge in [0.25, 0.3) is 5.56 Å². The lowest BCUT2D eigenvalue weighted by Gasteiger charge is -2.15. The fourth-order valence-corrected chi connectivity index (χ4v) is 4.33. The second kappa shape index (κ2) is 12.5. The van der Waals surface area contributed by atoms with Gasteiger partial charge in [-0.25, -0.2) is 9.78 Å². The fourth-order valence-electron chi connectivity index (χ4n) is 3.40. The average Bonchev–Trinajstić information content (AvgIpc) is 2.82. The van der Waals surface area contributed by atoms with Crippen molar-refractivity contribution in [3.63, 3.8) is 0 Å². The molecule has 1 atom stereocenters. The van der Waals surface area contributed by atoms with E-state index in [-0.39, 0.29) is 24.2 Å². The molecule has 0 aliphatic carbocycles. The summed E-state index contributed by atoms with van der Waals surface area (Å²) in [6.07, 6.45) is 2.14. The smallest absolute Gasteiger partial charge is 0.344 e. The first-order valence-electron chi connectivity index (χ1n) is 11.7. The van der Waals surface area contributed by atoms with Gasteiger partial charge in [-0.3, -0.25) is 4.79 Å². The van der Waals surface area contributed by atoms with Crippen molar-refractivity contribution < 1.29 is 19.0 Å². The molecule has 0 spiro atoms. The zero-order chi connectivity index (χ0) is 26.4. The molecule has 192 valence electrons. The van der Waals surface area contributed by atoms with E-state index in [4.69, 9.17) is 19.2 Å². The minimum atomic E-state index is -0.475. The van der Waals surface area contributed by atoms with Crippen molar-refractivity contribution in [3.8, 4) is 11.5 Å². The molecule has 2 aromatic carbocycles. The van der Waals surface area contributed by atoms with Crippen molar-refractivity contribution in [1.29, 1.82) is 0 Å². The van der Waals surface area contributed by atoms with E-state index in [1.165, 1.54) is 4.68 Å². The Labute approximate surface area is 226 Å². The Balaban J connectivity index is 2.01. The molecule has 0 aliphatic rings. The molecule has 1 aromatic heterocycles. The van der Waals surface area contributed by atoms with Crippen molar-refractivity contribution in [1.82, 2.24) is 9.66 Å². The Morgan fingerprint density at radius 2 is 1.89 bits per heavy atom. The average molecular weight is 623 g/mol. The Bertz CT molecular complexity index is 1340. The van der Waals surface area contributed by atoms with Crippen LogP contribution in [0.2, 0.25) is 0 Å². The highest BCUT2D eigenvalue weighted by atomic mass is 79.9. The maximum absolute atomic E-state index is 13.3. The van der Waals surface area contributed by atoms with Crippen LogP contribution >= 0.6 is 31.9 Å². The van der Waals surface area contributed by atoms with Gasteiger partial charge < -0.3 is 14.2 Å². The number of halogens is 2. The summed E-state index contributed by atoms with van der Waals surface area (Å²) in [6, 6.07) is 8.94. The van der Waals surface area contributed by atoms with Gasteiger partial charge in [-0.05, 0) is 79.0 Å². The van der Waals surface area contributed by atoms with Crippen molar-refractivity contribution in [2.45, 2.75) is 53.1 Å². The highest BCUT2D eigenvalue weighted by Gasteiger charge is 2.17. The first-order valence-corrected chi connectivity index (χ1v) is 13.3. The van der Waals surface area contributed by atoms with E-state index in [0.717, 1.165) is 10.9 Å². The molecule has 0 amide bonds. The van der Waals surface area contributed by atoms with Crippen LogP contribution in [-0.4, -0.2) is 41.2 Å². The molecule has 0 fully saturated rings. The summed E-state index contributed by atoms with van der Waals surface area (Å²) in [5, 5.41) is 4.99. The lowest BCUT2D eigenvalue weighted by atomic mass is 10.1. The van der Waals surface area contributed by atoms with E-state index < -0.39 is 5.97 Å². The van der Waals surface area contributed by atoms with Crippen LogP contribution < -0.4 is 15.0 Å². The summed E-state index contributed by atoms with van der Waals surface area (Å²) in [4.78, 5) is 30.0. The van der Waals surface area contributed by atoms with Gasteiger partial charge in [-0.1, -0.05) is 29.8 Å². The third kappa shape index (κ3) is 6.73. The molecule has 0 radical (unpaired) electrons. The van der Waals surface area contributed by atoms with Crippen LogP contribution in [-0.2, 0) is 9.53 Å². The van der Waals surface area contributed by atoms with Crippen LogP contribution in [0, 0.1) is 0 Å². The predicted molar refractivity (Wildman–Crippen MR) is 147 cm³/mol. The van der Waals surface area contributed by atoms with Crippen molar-refractivity contribution in [2.75, 3.05) is 13.2 Å². The minimum Gasteiger partial charge on any atom is -0.490 e. The van der Waals surface area contributed by atoms with Crippen LogP contribution in [0.3, 0.4) is 0 Å². The van der Waals surface area contributed by atoms with Gasteiger partial charge in [-0.15, -0.1) is 0 Å². The number of nitrogens with zero attached hydrogens (tertiary/aromatic N) is 3. The second-order valence-electron chi connectivity index (χ2n) is 8.39. The summed E-state index contributed by atoms with van der Waals surface area (Å²) in [5.41, 5.74) is 1.04. The van der Waals surface area contributed by atoms with Crippen LogP contribution in [0.4, 0.5) is 0 Å². The molecule has 0 N–H and O–H groups in total. The van der Waals surface area contributed by atoms with E-state index >= 15 is 0 Å². The molecule has 0 aliphatic heterocycles. The van der Waals surface area contributed by atoms with E-state index in [9.17, 15) is 9.59 Å². The van der Waals surface area contributed by atoms with Crippen LogP contribution in [0.25, 0.3) is 10.9 Å². The lowest BCUT2D eigenvalue weighted by molar-refractivity contribution is -0.149. The van der Waals surface area contributed by atoms with Crippen molar-refractivity contribution in [3.05, 3.63) is 61.0 Å².